The molecule has 0 spiro atoms. The molecule has 0 bridgehead atoms. The summed E-state index contributed by atoms with van der Waals surface area (Å²) in [5.74, 6) is -1.79. The Kier molecular flexibility index (Phi) is 7.70. The number of aliphatic carboxylic acids is 1. The third-order valence-corrected chi connectivity index (χ3v) is 3.79. The van der Waals surface area contributed by atoms with Gasteiger partial charge in [-0.2, -0.15) is 0 Å². The second kappa shape index (κ2) is 9.26. The maximum Gasteiger partial charge on any atom is 0.331 e. The van der Waals surface area contributed by atoms with Crippen LogP contribution in [0.5, 0.6) is 0 Å². The van der Waals surface area contributed by atoms with Gasteiger partial charge in [-0.25, -0.2) is 4.79 Å². The van der Waals surface area contributed by atoms with Crippen molar-refractivity contribution in [2.24, 2.45) is 5.92 Å². The smallest absolute Gasteiger partial charge is 0.331 e. The Morgan fingerprint density at radius 1 is 1.43 bits per heavy atom. The van der Waals surface area contributed by atoms with Crippen LogP contribution in [0.1, 0.15) is 26.2 Å². The summed E-state index contributed by atoms with van der Waals surface area (Å²) in [5.41, 5.74) is 0.305. The van der Waals surface area contributed by atoms with Crippen LogP contribution in [0, 0.1) is 5.92 Å². The van der Waals surface area contributed by atoms with E-state index < -0.39 is 18.1 Å². The van der Waals surface area contributed by atoms with Crippen molar-refractivity contribution in [2.45, 2.75) is 38.3 Å². The molecule has 0 fully saturated rings. The van der Waals surface area contributed by atoms with Gasteiger partial charge < -0.3 is 25.6 Å². The molecular weight excluding hydrogens is 304 g/mol. The molecule has 1 aliphatic carbocycles. The molecule has 1 rings (SSSR count). The fourth-order valence-electron chi connectivity index (χ4n) is 2.67. The van der Waals surface area contributed by atoms with Gasteiger partial charge in [-0.15, -0.1) is 0 Å². The number of amides is 2. The molecule has 0 radical (unpaired) electrons. The number of carbonyl (C=O) groups excluding carboxylic acids is 2. The van der Waals surface area contributed by atoms with Crippen LogP contribution in [0.2, 0.25) is 0 Å². The zero-order valence-electron chi connectivity index (χ0n) is 13.4. The monoisotopic (exact) mass is 328 g/mol. The van der Waals surface area contributed by atoms with E-state index in [1.807, 2.05) is 0 Å². The van der Waals surface area contributed by atoms with E-state index in [4.69, 9.17) is 9.84 Å². The maximum atomic E-state index is 11.5. The SMILES string of the molecule is CNC(=O)CO[C@@H](CCO)[C@@H](NC(C)=O)[C@@H]1C=C(C(=O)O)CC1. The first-order valence-electron chi connectivity index (χ1n) is 7.53. The number of hydrogen-bond acceptors (Lipinski definition) is 5. The highest BCUT2D eigenvalue weighted by atomic mass is 16.5. The van der Waals surface area contributed by atoms with E-state index in [0.29, 0.717) is 18.4 Å². The molecule has 4 N–H and O–H groups in total. The lowest BCUT2D eigenvalue weighted by Crippen LogP contribution is -2.49. The molecule has 8 heteroatoms. The molecule has 0 saturated carbocycles. The minimum atomic E-state index is -0.973. The molecule has 1 aliphatic rings. The number of carboxylic acids is 1. The van der Waals surface area contributed by atoms with Gasteiger partial charge in [-0.3, -0.25) is 9.59 Å². The number of rotatable bonds is 9. The van der Waals surface area contributed by atoms with E-state index in [1.165, 1.54) is 14.0 Å². The van der Waals surface area contributed by atoms with E-state index >= 15 is 0 Å². The van der Waals surface area contributed by atoms with Crippen molar-refractivity contribution in [3.8, 4) is 0 Å². The first kappa shape index (κ1) is 19.1. The van der Waals surface area contributed by atoms with Crippen molar-refractivity contribution in [3.63, 3.8) is 0 Å². The van der Waals surface area contributed by atoms with Crippen LogP contribution >= 0.6 is 0 Å². The van der Waals surface area contributed by atoms with Gasteiger partial charge in [0.1, 0.15) is 6.61 Å². The van der Waals surface area contributed by atoms with Gasteiger partial charge in [0.15, 0.2) is 0 Å². The average molecular weight is 328 g/mol. The van der Waals surface area contributed by atoms with Crippen molar-refractivity contribution in [3.05, 3.63) is 11.6 Å². The summed E-state index contributed by atoms with van der Waals surface area (Å²) in [6.45, 7) is 0.995. The molecule has 8 nitrogen and oxygen atoms in total. The Morgan fingerprint density at radius 3 is 2.61 bits per heavy atom. The lowest BCUT2D eigenvalue weighted by Gasteiger charge is -2.31. The number of ether oxygens (including phenoxy) is 1. The summed E-state index contributed by atoms with van der Waals surface area (Å²) in [5, 5.41) is 23.5. The summed E-state index contributed by atoms with van der Waals surface area (Å²) in [7, 11) is 1.48. The lowest BCUT2D eigenvalue weighted by molar-refractivity contribution is -0.133. The summed E-state index contributed by atoms with van der Waals surface area (Å²) in [4.78, 5) is 33.9. The van der Waals surface area contributed by atoms with Gasteiger partial charge in [0.05, 0.1) is 12.1 Å². The molecule has 0 heterocycles. The Hall–Kier alpha value is -1.93. The van der Waals surface area contributed by atoms with Crippen LogP contribution in [-0.4, -0.2) is 60.4 Å². The van der Waals surface area contributed by atoms with Crippen LogP contribution in [0.3, 0.4) is 0 Å². The van der Waals surface area contributed by atoms with E-state index in [0.717, 1.165) is 0 Å². The molecule has 0 aromatic heterocycles. The van der Waals surface area contributed by atoms with E-state index in [-0.39, 0.29) is 37.4 Å². The van der Waals surface area contributed by atoms with Crippen LogP contribution in [0.15, 0.2) is 11.6 Å². The molecule has 0 saturated heterocycles. The number of hydrogen-bond donors (Lipinski definition) is 4. The normalized spacial score (nSPS) is 19.6. The largest absolute Gasteiger partial charge is 0.478 e. The highest BCUT2D eigenvalue weighted by Gasteiger charge is 2.34. The first-order chi connectivity index (χ1) is 10.9. The second-order valence-electron chi connectivity index (χ2n) is 5.46. The predicted molar refractivity (Wildman–Crippen MR) is 81.6 cm³/mol. The topological polar surface area (TPSA) is 125 Å². The van der Waals surface area contributed by atoms with Gasteiger partial charge >= 0.3 is 5.97 Å². The maximum absolute atomic E-state index is 11.5. The number of carbonyl (C=O) groups is 3. The molecule has 130 valence electrons. The Balaban J connectivity index is 2.89. The molecule has 23 heavy (non-hydrogen) atoms. The fraction of sp³-hybridized carbons (Fsp3) is 0.667. The second-order valence-corrected chi connectivity index (χ2v) is 5.46. The van der Waals surface area contributed by atoms with Crippen LogP contribution in [0.4, 0.5) is 0 Å². The Morgan fingerprint density at radius 2 is 2.13 bits per heavy atom. The quantitative estimate of drug-likeness (QED) is 0.449. The molecule has 0 aromatic carbocycles. The summed E-state index contributed by atoms with van der Waals surface area (Å²) < 4.78 is 5.54. The average Bonchev–Trinajstić information content (AvgIpc) is 2.98. The van der Waals surface area contributed by atoms with Crippen molar-refractivity contribution in [2.75, 3.05) is 20.3 Å². The summed E-state index contributed by atoms with van der Waals surface area (Å²) in [6.07, 6.45) is 2.25. The van der Waals surface area contributed by atoms with Crippen molar-refractivity contribution >= 4 is 17.8 Å². The van der Waals surface area contributed by atoms with E-state index in [2.05, 4.69) is 10.6 Å². The highest BCUT2D eigenvalue weighted by molar-refractivity contribution is 5.87. The minimum Gasteiger partial charge on any atom is -0.478 e. The number of aliphatic hydroxyl groups is 1. The van der Waals surface area contributed by atoms with Gasteiger partial charge in [0, 0.05) is 32.1 Å². The van der Waals surface area contributed by atoms with Crippen LogP contribution in [0.25, 0.3) is 0 Å². The molecule has 3 atom stereocenters. The van der Waals surface area contributed by atoms with Gasteiger partial charge in [0.2, 0.25) is 11.8 Å². The van der Waals surface area contributed by atoms with E-state index in [9.17, 15) is 19.5 Å². The van der Waals surface area contributed by atoms with Gasteiger partial charge in [0.25, 0.3) is 0 Å². The Bertz CT molecular complexity index is 477. The molecule has 2 amide bonds. The zero-order chi connectivity index (χ0) is 17.4. The summed E-state index contributed by atoms with van der Waals surface area (Å²) >= 11 is 0. The van der Waals surface area contributed by atoms with Crippen molar-refractivity contribution < 1.29 is 29.3 Å². The van der Waals surface area contributed by atoms with Crippen LogP contribution in [-0.2, 0) is 19.1 Å². The number of likely N-dealkylation sites (N-methyl/N-ethyl adjacent to an activating group) is 1. The fourth-order valence-corrected chi connectivity index (χ4v) is 2.67. The molecular formula is C15H24N2O6. The predicted octanol–water partition coefficient (Wildman–Crippen LogP) is -0.574. The standard InChI is InChI=1S/C15H24N2O6/c1-9(19)17-14(10-3-4-11(7-10)15(21)22)12(5-6-18)23-8-13(20)16-2/h7,10,12,14,18H,3-6,8H2,1-2H3,(H,16,20)(H,17,19)(H,21,22)/t10-,12-,14-/m0/s1. The molecule has 0 aromatic rings. The minimum absolute atomic E-state index is 0.170. The third-order valence-electron chi connectivity index (χ3n) is 3.79. The number of carboxylic acid groups (broad SMARTS) is 1. The third kappa shape index (κ3) is 5.99. The highest BCUT2D eigenvalue weighted by Crippen LogP contribution is 2.29. The Labute approximate surface area is 134 Å². The molecule has 0 unspecified atom stereocenters. The van der Waals surface area contributed by atoms with Gasteiger partial charge in [-0.1, -0.05) is 6.08 Å². The number of nitrogens with one attached hydrogen (secondary N) is 2. The van der Waals surface area contributed by atoms with E-state index in [1.54, 1.807) is 6.08 Å². The van der Waals surface area contributed by atoms with Gasteiger partial charge in [-0.05, 0) is 19.3 Å². The van der Waals surface area contributed by atoms with Crippen LogP contribution < -0.4 is 10.6 Å². The first-order valence-corrected chi connectivity index (χ1v) is 7.53. The zero-order valence-corrected chi connectivity index (χ0v) is 13.4. The summed E-state index contributed by atoms with van der Waals surface area (Å²) in [6, 6.07) is -0.499. The number of aliphatic hydroxyl groups excluding tert-OH is 1. The van der Waals surface area contributed by atoms with Crippen molar-refractivity contribution in [1.82, 2.24) is 10.6 Å². The molecule has 0 aliphatic heterocycles. The lowest BCUT2D eigenvalue weighted by atomic mass is 9.92. The van der Waals surface area contributed by atoms with Crippen molar-refractivity contribution in [1.29, 1.82) is 0 Å².